The van der Waals surface area contributed by atoms with E-state index in [9.17, 15) is 4.79 Å². The van der Waals surface area contributed by atoms with E-state index in [2.05, 4.69) is 34.0 Å². The summed E-state index contributed by atoms with van der Waals surface area (Å²) in [6, 6.07) is 16.6. The van der Waals surface area contributed by atoms with Gasteiger partial charge >= 0.3 is 0 Å². The smallest absolute Gasteiger partial charge is 0.259 e. The van der Waals surface area contributed by atoms with Gasteiger partial charge in [-0.25, -0.2) is 4.98 Å². The van der Waals surface area contributed by atoms with E-state index in [1.165, 1.54) is 4.57 Å². The van der Waals surface area contributed by atoms with Crippen LogP contribution in [0, 0.1) is 0 Å². The summed E-state index contributed by atoms with van der Waals surface area (Å²) in [4.78, 5) is 24.4. The Balaban J connectivity index is 1.54. The molecule has 0 atom stereocenters. The molecule has 188 valence electrons. The molecule has 0 saturated carbocycles. The van der Waals surface area contributed by atoms with Crippen molar-refractivity contribution in [3.05, 3.63) is 70.1 Å². The number of aromatic nitrogens is 3. The first kappa shape index (κ1) is 25.5. The Morgan fingerprint density at radius 2 is 1.67 bits per heavy atom. The molecular weight excluding hydrogens is 478 g/mol. The maximum atomic E-state index is 13.1. The number of methoxy groups -OCH3 is 1. The van der Waals surface area contributed by atoms with Gasteiger partial charge in [0.25, 0.3) is 5.56 Å². The van der Waals surface area contributed by atoms with Gasteiger partial charge in [-0.3, -0.25) is 9.36 Å². The number of likely N-dealkylation sites (N-methyl/N-ethyl adjacent to an activating group) is 1. The van der Waals surface area contributed by atoms with E-state index in [4.69, 9.17) is 21.1 Å². The Hall–Kier alpha value is -3.62. The van der Waals surface area contributed by atoms with Crippen molar-refractivity contribution in [3.63, 3.8) is 0 Å². The summed E-state index contributed by atoms with van der Waals surface area (Å²) in [6.07, 6.45) is 0. The third-order valence-electron chi connectivity index (χ3n) is 6.10. The molecular formula is C27H30ClN5O3. The van der Waals surface area contributed by atoms with Gasteiger partial charge in [0.2, 0.25) is 5.95 Å². The summed E-state index contributed by atoms with van der Waals surface area (Å²) in [5, 5.41) is 4.01. The monoisotopic (exact) mass is 507 g/mol. The molecule has 1 N–H and O–H groups in total. The zero-order chi connectivity index (χ0) is 25.7. The van der Waals surface area contributed by atoms with Crippen molar-refractivity contribution in [2.24, 2.45) is 7.05 Å². The van der Waals surface area contributed by atoms with E-state index in [1.54, 1.807) is 20.2 Å². The fourth-order valence-corrected chi connectivity index (χ4v) is 4.14. The summed E-state index contributed by atoms with van der Waals surface area (Å²) in [5.41, 5.74) is 2.31. The van der Waals surface area contributed by atoms with Gasteiger partial charge in [-0.05, 0) is 61.1 Å². The first-order valence-electron chi connectivity index (χ1n) is 11.9. The zero-order valence-electron chi connectivity index (χ0n) is 20.9. The fraction of sp³-hybridized carbons (Fsp3) is 0.296. The highest BCUT2D eigenvalue weighted by atomic mass is 35.5. The standard InChI is InChI=1S/C27H30ClN5O3/c1-5-33(6-2)15-16-36-21-13-9-19(10-14-21)29-27-30-24(28)23-17-22(26(34)32(3)25(23)31-27)18-7-11-20(35-4)12-8-18/h7-14,17H,5-6,15-16H2,1-4H3,(H,29,30,31). The molecule has 0 saturated heterocycles. The lowest BCUT2D eigenvalue weighted by Gasteiger charge is -2.18. The van der Waals surface area contributed by atoms with Crippen LogP contribution in [0.2, 0.25) is 5.15 Å². The number of anilines is 2. The minimum absolute atomic E-state index is 0.181. The molecule has 0 aliphatic carbocycles. The van der Waals surface area contributed by atoms with Crippen LogP contribution in [0.15, 0.2) is 59.4 Å². The number of hydrogen-bond donors (Lipinski definition) is 1. The van der Waals surface area contributed by atoms with Crippen LogP contribution in [0.4, 0.5) is 11.6 Å². The highest BCUT2D eigenvalue weighted by Crippen LogP contribution is 2.27. The van der Waals surface area contributed by atoms with E-state index in [-0.39, 0.29) is 10.7 Å². The highest BCUT2D eigenvalue weighted by Gasteiger charge is 2.15. The van der Waals surface area contributed by atoms with Crippen molar-refractivity contribution >= 4 is 34.3 Å². The van der Waals surface area contributed by atoms with Crippen LogP contribution in [0.5, 0.6) is 11.5 Å². The maximum Gasteiger partial charge on any atom is 0.259 e. The molecule has 0 aliphatic rings. The molecule has 2 heterocycles. The Morgan fingerprint density at radius 3 is 2.31 bits per heavy atom. The molecule has 2 aromatic carbocycles. The Bertz CT molecular complexity index is 1380. The largest absolute Gasteiger partial charge is 0.497 e. The van der Waals surface area contributed by atoms with Crippen molar-refractivity contribution < 1.29 is 9.47 Å². The first-order valence-corrected chi connectivity index (χ1v) is 12.2. The second-order valence-electron chi connectivity index (χ2n) is 8.25. The third-order valence-corrected chi connectivity index (χ3v) is 6.39. The first-order chi connectivity index (χ1) is 17.4. The van der Waals surface area contributed by atoms with E-state index in [1.807, 2.05) is 48.5 Å². The van der Waals surface area contributed by atoms with Gasteiger partial charge in [-0.2, -0.15) is 4.98 Å². The van der Waals surface area contributed by atoms with Crippen LogP contribution in [0.25, 0.3) is 22.2 Å². The quantitative estimate of drug-likeness (QED) is 0.298. The van der Waals surface area contributed by atoms with Gasteiger partial charge in [-0.15, -0.1) is 0 Å². The van der Waals surface area contributed by atoms with E-state index in [0.29, 0.717) is 34.9 Å². The number of hydrogen-bond acceptors (Lipinski definition) is 7. The average Bonchev–Trinajstić information content (AvgIpc) is 2.90. The van der Waals surface area contributed by atoms with Crippen molar-refractivity contribution in [2.75, 3.05) is 38.7 Å². The molecule has 0 amide bonds. The molecule has 0 spiro atoms. The van der Waals surface area contributed by atoms with Gasteiger partial charge in [0, 0.05) is 24.8 Å². The molecule has 0 fully saturated rings. The van der Waals surface area contributed by atoms with Gasteiger partial charge in [0.05, 0.1) is 12.5 Å². The van der Waals surface area contributed by atoms with Crippen LogP contribution in [0.1, 0.15) is 13.8 Å². The minimum Gasteiger partial charge on any atom is -0.497 e. The van der Waals surface area contributed by atoms with Crippen LogP contribution >= 0.6 is 11.6 Å². The zero-order valence-corrected chi connectivity index (χ0v) is 21.7. The van der Waals surface area contributed by atoms with Crippen LogP contribution in [-0.4, -0.2) is 52.8 Å². The number of pyridine rings is 1. The van der Waals surface area contributed by atoms with Crippen LogP contribution in [0.3, 0.4) is 0 Å². The number of nitrogens with zero attached hydrogens (tertiary/aromatic N) is 4. The lowest BCUT2D eigenvalue weighted by Crippen LogP contribution is -2.27. The van der Waals surface area contributed by atoms with Crippen molar-refractivity contribution in [2.45, 2.75) is 13.8 Å². The van der Waals surface area contributed by atoms with Crippen LogP contribution in [-0.2, 0) is 7.05 Å². The third kappa shape index (κ3) is 5.61. The van der Waals surface area contributed by atoms with E-state index < -0.39 is 0 Å². The summed E-state index contributed by atoms with van der Waals surface area (Å²) in [6.45, 7) is 7.81. The molecule has 2 aromatic heterocycles. The topological polar surface area (TPSA) is 81.5 Å². The van der Waals surface area contributed by atoms with Crippen molar-refractivity contribution in [3.8, 4) is 22.6 Å². The molecule has 0 radical (unpaired) electrons. The molecule has 0 unspecified atom stereocenters. The van der Waals surface area contributed by atoms with E-state index >= 15 is 0 Å². The summed E-state index contributed by atoms with van der Waals surface area (Å²) in [5.74, 6) is 1.81. The number of fused-ring (bicyclic) bond motifs is 1. The molecule has 4 rings (SSSR count). The summed E-state index contributed by atoms with van der Waals surface area (Å²) < 4.78 is 12.5. The number of halogens is 1. The second kappa shape index (κ2) is 11.4. The fourth-order valence-electron chi connectivity index (χ4n) is 3.92. The van der Waals surface area contributed by atoms with Gasteiger partial charge in [-0.1, -0.05) is 37.6 Å². The average molecular weight is 508 g/mol. The van der Waals surface area contributed by atoms with Gasteiger partial charge in [0.1, 0.15) is 28.9 Å². The predicted octanol–water partition coefficient (Wildman–Crippen LogP) is 5.12. The van der Waals surface area contributed by atoms with Crippen molar-refractivity contribution in [1.82, 2.24) is 19.4 Å². The Morgan fingerprint density at radius 1 is 1.00 bits per heavy atom. The summed E-state index contributed by atoms with van der Waals surface area (Å²) >= 11 is 6.54. The molecule has 8 nitrogen and oxygen atoms in total. The highest BCUT2D eigenvalue weighted by molar-refractivity contribution is 6.34. The minimum atomic E-state index is -0.181. The number of benzene rings is 2. The van der Waals surface area contributed by atoms with Crippen LogP contribution < -0.4 is 20.3 Å². The maximum absolute atomic E-state index is 13.1. The lowest BCUT2D eigenvalue weighted by atomic mass is 10.1. The lowest BCUT2D eigenvalue weighted by molar-refractivity contribution is 0.223. The SMILES string of the molecule is CCN(CC)CCOc1ccc(Nc2nc(Cl)c3cc(-c4ccc(OC)cc4)c(=O)n(C)c3n2)cc1. The molecule has 4 aromatic rings. The van der Waals surface area contributed by atoms with Gasteiger partial charge < -0.3 is 19.7 Å². The Kier molecular flexibility index (Phi) is 8.07. The Labute approximate surface area is 215 Å². The van der Waals surface area contributed by atoms with E-state index in [0.717, 1.165) is 36.6 Å². The number of ether oxygens (including phenoxy) is 2. The number of nitrogens with one attached hydrogen (secondary N) is 1. The second-order valence-corrected chi connectivity index (χ2v) is 8.61. The normalized spacial score (nSPS) is 11.2. The number of rotatable bonds is 10. The summed E-state index contributed by atoms with van der Waals surface area (Å²) in [7, 11) is 3.28. The van der Waals surface area contributed by atoms with Gasteiger partial charge in [0.15, 0.2) is 0 Å². The molecule has 9 heteroatoms. The molecule has 0 aliphatic heterocycles. The van der Waals surface area contributed by atoms with Crippen molar-refractivity contribution in [1.29, 1.82) is 0 Å². The number of aryl methyl sites for hydroxylation is 1. The predicted molar refractivity (Wildman–Crippen MR) is 145 cm³/mol. The molecule has 0 bridgehead atoms. The molecule has 36 heavy (non-hydrogen) atoms.